The van der Waals surface area contributed by atoms with Crippen molar-refractivity contribution in [3.05, 3.63) is 0 Å². The molecule has 1 amide bonds. The predicted octanol–water partition coefficient (Wildman–Crippen LogP) is 0.134. The van der Waals surface area contributed by atoms with Crippen LogP contribution in [0.15, 0.2) is 0 Å². The molecule has 0 aliphatic carbocycles. The van der Waals surface area contributed by atoms with Gasteiger partial charge in [-0.25, -0.2) is 8.42 Å². The molecule has 0 unspecified atom stereocenters. The summed E-state index contributed by atoms with van der Waals surface area (Å²) in [5.74, 6) is -2.08. The highest BCUT2D eigenvalue weighted by atomic mass is 32.2. The van der Waals surface area contributed by atoms with Gasteiger partial charge in [-0.15, -0.1) is 0 Å². The lowest BCUT2D eigenvalue weighted by Gasteiger charge is -2.19. The Labute approximate surface area is 102 Å². The van der Waals surface area contributed by atoms with E-state index in [0.29, 0.717) is 13.0 Å². The molecule has 0 aromatic heterocycles. The number of amides is 1. The first-order chi connectivity index (χ1) is 7.82. The number of sulfone groups is 1. The van der Waals surface area contributed by atoms with Gasteiger partial charge in [0.1, 0.15) is 5.75 Å². The maximum absolute atomic E-state index is 11.6. The molecule has 0 fully saturated rings. The lowest BCUT2D eigenvalue weighted by Crippen LogP contribution is -2.37. The number of hydrogen-bond donors (Lipinski definition) is 1. The molecule has 0 aliphatic rings. The minimum absolute atomic E-state index is 0.0186. The Morgan fingerprint density at radius 3 is 2.24 bits per heavy atom. The number of hydrogen-bond acceptors (Lipinski definition) is 4. The van der Waals surface area contributed by atoms with Gasteiger partial charge in [-0.05, 0) is 13.3 Å². The zero-order valence-electron chi connectivity index (χ0n) is 10.2. The summed E-state index contributed by atoms with van der Waals surface area (Å²) in [6.45, 7) is 3.77. The largest absolute Gasteiger partial charge is 0.481 e. The summed E-state index contributed by atoms with van der Waals surface area (Å²) < 4.78 is 22.9. The van der Waals surface area contributed by atoms with E-state index in [2.05, 4.69) is 0 Å². The van der Waals surface area contributed by atoms with E-state index in [1.807, 2.05) is 0 Å². The van der Waals surface area contributed by atoms with Crippen molar-refractivity contribution in [3.8, 4) is 0 Å². The first kappa shape index (κ1) is 15.9. The summed E-state index contributed by atoms with van der Waals surface area (Å²) in [5, 5.41) is 8.50. The minimum atomic E-state index is -3.36. The molecular formula is C10H19NO5S. The molecular weight excluding hydrogens is 246 g/mol. The number of rotatable bonds is 8. The fraction of sp³-hybridized carbons (Fsp3) is 0.800. The van der Waals surface area contributed by atoms with Gasteiger partial charge in [0.25, 0.3) is 0 Å². The van der Waals surface area contributed by atoms with Gasteiger partial charge in [-0.3, -0.25) is 9.59 Å². The molecule has 0 aromatic rings. The Kier molecular flexibility index (Phi) is 6.79. The van der Waals surface area contributed by atoms with E-state index in [1.54, 1.807) is 13.8 Å². The molecule has 0 atom stereocenters. The van der Waals surface area contributed by atoms with Crippen LogP contribution in [-0.2, 0) is 19.4 Å². The van der Waals surface area contributed by atoms with Gasteiger partial charge in [0.15, 0.2) is 9.84 Å². The zero-order valence-corrected chi connectivity index (χ0v) is 11.0. The van der Waals surface area contributed by atoms with E-state index in [-0.39, 0.29) is 18.7 Å². The van der Waals surface area contributed by atoms with Crippen molar-refractivity contribution in [3.63, 3.8) is 0 Å². The normalized spacial score (nSPS) is 11.2. The summed E-state index contributed by atoms with van der Waals surface area (Å²) in [7, 11) is -3.36. The third-order valence-electron chi connectivity index (χ3n) is 2.19. The second-order valence-electron chi connectivity index (χ2n) is 3.71. The Hall–Kier alpha value is -1.11. The third-order valence-corrected chi connectivity index (χ3v) is 3.91. The molecule has 17 heavy (non-hydrogen) atoms. The molecule has 0 heterocycles. The Morgan fingerprint density at radius 1 is 1.24 bits per heavy atom. The molecule has 0 bridgehead atoms. The molecule has 0 aliphatic heterocycles. The van der Waals surface area contributed by atoms with Crippen LogP contribution in [0.5, 0.6) is 0 Å². The van der Waals surface area contributed by atoms with E-state index < -0.39 is 27.5 Å². The molecule has 0 saturated heterocycles. The van der Waals surface area contributed by atoms with E-state index >= 15 is 0 Å². The standard InChI is InChI=1S/C10H19NO5S/c1-3-7-17(15,16)8-9(12)11(4-2)6-5-10(13)14/h3-8H2,1-2H3,(H,13,14). The number of nitrogens with zero attached hydrogens (tertiary/aromatic N) is 1. The van der Waals surface area contributed by atoms with E-state index in [9.17, 15) is 18.0 Å². The van der Waals surface area contributed by atoms with Gasteiger partial charge in [-0.2, -0.15) is 0 Å². The molecule has 6 nitrogen and oxygen atoms in total. The van der Waals surface area contributed by atoms with Crippen LogP contribution in [0.25, 0.3) is 0 Å². The van der Waals surface area contributed by atoms with Gasteiger partial charge in [0, 0.05) is 13.1 Å². The lowest BCUT2D eigenvalue weighted by atomic mass is 10.4. The average Bonchev–Trinajstić information content (AvgIpc) is 2.16. The summed E-state index contributed by atoms with van der Waals surface area (Å²) in [6.07, 6.45) is 0.296. The van der Waals surface area contributed by atoms with Gasteiger partial charge >= 0.3 is 5.97 Å². The molecule has 100 valence electrons. The lowest BCUT2D eigenvalue weighted by molar-refractivity contribution is -0.138. The Morgan fingerprint density at radius 2 is 1.82 bits per heavy atom. The van der Waals surface area contributed by atoms with Crippen molar-refractivity contribution >= 4 is 21.7 Å². The molecule has 0 spiro atoms. The summed E-state index contributed by atoms with van der Waals surface area (Å²) in [6, 6.07) is 0. The van der Waals surface area contributed by atoms with Crippen LogP contribution in [0.4, 0.5) is 0 Å². The zero-order chi connectivity index (χ0) is 13.5. The van der Waals surface area contributed by atoms with Crippen LogP contribution in [-0.4, -0.2) is 54.9 Å². The summed E-state index contributed by atoms with van der Waals surface area (Å²) in [5.41, 5.74) is 0. The van der Waals surface area contributed by atoms with Crippen molar-refractivity contribution in [2.45, 2.75) is 26.7 Å². The van der Waals surface area contributed by atoms with Crippen LogP contribution in [0.1, 0.15) is 26.7 Å². The second kappa shape index (κ2) is 7.26. The molecule has 0 saturated carbocycles. The summed E-state index contributed by atoms with van der Waals surface area (Å²) >= 11 is 0. The van der Waals surface area contributed by atoms with Crippen LogP contribution in [0.2, 0.25) is 0 Å². The maximum Gasteiger partial charge on any atom is 0.305 e. The van der Waals surface area contributed by atoms with Crippen LogP contribution >= 0.6 is 0 Å². The highest BCUT2D eigenvalue weighted by molar-refractivity contribution is 7.92. The molecule has 7 heteroatoms. The van der Waals surface area contributed by atoms with Crippen molar-refractivity contribution < 1.29 is 23.1 Å². The fourth-order valence-electron chi connectivity index (χ4n) is 1.35. The van der Waals surface area contributed by atoms with Crippen molar-refractivity contribution in [1.29, 1.82) is 0 Å². The first-order valence-electron chi connectivity index (χ1n) is 5.52. The summed E-state index contributed by atoms with van der Waals surface area (Å²) in [4.78, 5) is 23.3. The van der Waals surface area contributed by atoms with E-state index in [0.717, 1.165) is 0 Å². The SMILES string of the molecule is CCCS(=O)(=O)CC(=O)N(CC)CCC(=O)O. The van der Waals surface area contributed by atoms with Gasteiger partial charge in [-0.1, -0.05) is 6.92 Å². The minimum Gasteiger partial charge on any atom is -0.481 e. The van der Waals surface area contributed by atoms with Gasteiger partial charge < -0.3 is 10.0 Å². The molecule has 0 rings (SSSR count). The second-order valence-corrected chi connectivity index (χ2v) is 5.89. The monoisotopic (exact) mass is 265 g/mol. The van der Waals surface area contributed by atoms with Crippen molar-refractivity contribution in [1.82, 2.24) is 4.90 Å². The highest BCUT2D eigenvalue weighted by Gasteiger charge is 2.20. The highest BCUT2D eigenvalue weighted by Crippen LogP contribution is 1.99. The number of carbonyl (C=O) groups is 2. The van der Waals surface area contributed by atoms with Crippen LogP contribution in [0.3, 0.4) is 0 Å². The Balaban J connectivity index is 4.40. The maximum atomic E-state index is 11.6. The average molecular weight is 265 g/mol. The number of carboxylic acids is 1. The van der Waals surface area contributed by atoms with Crippen LogP contribution in [0, 0.1) is 0 Å². The van der Waals surface area contributed by atoms with Crippen molar-refractivity contribution in [2.75, 3.05) is 24.6 Å². The fourth-order valence-corrected chi connectivity index (χ4v) is 2.68. The van der Waals surface area contributed by atoms with Crippen molar-refractivity contribution in [2.24, 2.45) is 0 Å². The van der Waals surface area contributed by atoms with E-state index in [4.69, 9.17) is 5.11 Å². The molecule has 0 radical (unpaired) electrons. The number of carbonyl (C=O) groups excluding carboxylic acids is 1. The Bertz CT molecular complexity index is 363. The van der Waals surface area contributed by atoms with E-state index in [1.165, 1.54) is 4.90 Å². The topological polar surface area (TPSA) is 91.8 Å². The molecule has 1 N–H and O–H groups in total. The van der Waals surface area contributed by atoms with Gasteiger partial charge in [0.2, 0.25) is 5.91 Å². The number of aliphatic carboxylic acids is 1. The predicted molar refractivity (Wildman–Crippen MR) is 63.5 cm³/mol. The smallest absolute Gasteiger partial charge is 0.305 e. The number of carboxylic acid groups (broad SMARTS) is 1. The molecule has 0 aromatic carbocycles. The van der Waals surface area contributed by atoms with Gasteiger partial charge in [0.05, 0.1) is 12.2 Å². The third kappa shape index (κ3) is 6.93. The van der Waals surface area contributed by atoms with Crippen LogP contribution < -0.4 is 0 Å². The first-order valence-corrected chi connectivity index (χ1v) is 7.34. The quantitative estimate of drug-likeness (QED) is 0.673.